The van der Waals surface area contributed by atoms with Crippen LogP contribution >= 0.6 is 23.6 Å². The Hall–Kier alpha value is -2.00. The Morgan fingerprint density at radius 1 is 0.929 bits per heavy atom. The molecule has 10 heteroatoms. The second-order valence-corrected chi connectivity index (χ2v) is 6.14. The molecule has 0 unspecified atom stereocenters. The molecule has 0 radical (unpaired) electrons. The monoisotopic (exact) mass is 450 g/mol. The Labute approximate surface area is 169 Å². The minimum Gasteiger partial charge on any atom is -0.494 e. The van der Waals surface area contributed by atoms with Gasteiger partial charge < -0.3 is 8.92 Å². The van der Waals surface area contributed by atoms with Gasteiger partial charge in [0, 0.05) is 0 Å². The summed E-state index contributed by atoms with van der Waals surface area (Å²) in [6, 6.07) is 14.2. The molecule has 162 valence electrons. The molecule has 0 aromatic heterocycles. The molecule has 0 aliphatic heterocycles. The van der Waals surface area contributed by atoms with Crippen LogP contribution in [0, 0.1) is 0 Å². The van der Waals surface area contributed by atoms with Gasteiger partial charge in [0.1, 0.15) is 5.75 Å². The molecule has 0 aliphatic carbocycles. The lowest BCUT2D eigenvalue weighted by Crippen LogP contribution is -2.01. The number of carbonyl (C=O) groups is 1. The largest absolute Gasteiger partial charge is 0.494 e. The van der Waals surface area contributed by atoms with Gasteiger partial charge in [-0.05, 0) is 42.8 Å². The summed E-state index contributed by atoms with van der Waals surface area (Å²) in [5.41, 5.74) is 0.477. The van der Waals surface area contributed by atoms with Gasteiger partial charge >= 0.3 is 5.97 Å². The molecule has 0 saturated heterocycles. The van der Waals surface area contributed by atoms with E-state index >= 15 is 0 Å². The summed E-state index contributed by atoms with van der Waals surface area (Å²) in [4.78, 5) is 12.7. The SMILES string of the molecule is CCCCCOc1ccc(C(=O)OSc2ccccc2Cl)cc1.F.F.F.F.F. The Balaban J connectivity index is -0.000000576. The zero-order chi connectivity index (χ0) is 16.5. The van der Waals surface area contributed by atoms with E-state index in [0.717, 1.165) is 37.1 Å². The zero-order valence-electron chi connectivity index (χ0n) is 15.0. The first-order valence-electron chi connectivity index (χ1n) is 7.57. The van der Waals surface area contributed by atoms with Crippen LogP contribution in [0.2, 0.25) is 5.02 Å². The highest BCUT2D eigenvalue weighted by Crippen LogP contribution is 2.28. The number of unbranched alkanes of at least 4 members (excludes halogenated alkanes) is 2. The van der Waals surface area contributed by atoms with Crippen molar-refractivity contribution in [3.63, 3.8) is 0 Å². The molecular formula is C18H24ClF5O3S. The van der Waals surface area contributed by atoms with Gasteiger partial charge in [0.25, 0.3) is 0 Å². The van der Waals surface area contributed by atoms with E-state index in [0.29, 0.717) is 22.1 Å². The molecule has 0 fully saturated rings. The van der Waals surface area contributed by atoms with Crippen LogP contribution < -0.4 is 4.74 Å². The molecule has 0 amide bonds. The predicted octanol–water partition coefficient (Wildman–Crippen LogP) is 6.54. The van der Waals surface area contributed by atoms with Crippen LogP contribution in [0.5, 0.6) is 5.75 Å². The van der Waals surface area contributed by atoms with Gasteiger partial charge in [-0.25, -0.2) is 4.79 Å². The van der Waals surface area contributed by atoms with Crippen molar-refractivity contribution in [2.45, 2.75) is 31.1 Å². The molecule has 2 aromatic rings. The maximum atomic E-state index is 12.0. The van der Waals surface area contributed by atoms with E-state index in [1.807, 2.05) is 12.1 Å². The van der Waals surface area contributed by atoms with Crippen LogP contribution in [0.3, 0.4) is 0 Å². The molecule has 0 spiro atoms. The number of hydrogen-bond acceptors (Lipinski definition) is 4. The molecule has 2 aromatic carbocycles. The van der Waals surface area contributed by atoms with Crippen LogP contribution in [0.1, 0.15) is 36.5 Å². The highest BCUT2D eigenvalue weighted by molar-refractivity contribution is 7.95. The van der Waals surface area contributed by atoms with E-state index in [2.05, 4.69) is 6.92 Å². The summed E-state index contributed by atoms with van der Waals surface area (Å²) >= 11 is 6.98. The van der Waals surface area contributed by atoms with Gasteiger partial charge in [0.05, 0.1) is 34.1 Å². The third kappa shape index (κ3) is 11.0. The van der Waals surface area contributed by atoms with E-state index in [4.69, 9.17) is 20.5 Å². The molecule has 0 bridgehead atoms. The summed E-state index contributed by atoms with van der Waals surface area (Å²) in [6.07, 6.45) is 3.36. The Kier molecular flexibility index (Phi) is 22.0. The summed E-state index contributed by atoms with van der Waals surface area (Å²) in [7, 11) is 0. The standard InChI is InChI=1S/C18H19ClO3S.5FH/c1-2-3-6-13-21-15-11-9-14(10-12-15)18(20)22-23-17-8-5-4-7-16(17)19;;;;;/h4-5,7-12H,2-3,6,13H2,1H3;5*1H. The second-order valence-electron chi connectivity index (χ2n) is 4.96. The lowest BCUT2D eigenvalue weighted by Gasteiger charge is -2.07. The third-order valence-electron chi connectivity index (χ3n) is 3.15. The fourth-order valence-electron chi connectivity index (χ4n) is 1.87. The number of hydrogen-bond donors (Lipinski definition) is 0. The highest BCUT2D eigenvalue weighted by Gasteiger charge is 2.10. The van der Waals surface area contributed by atoms with Crippen LogP contribution in [0.15, 0.2) is 53.4 Å². The first-order chi connectivity index (χ1) is 11.2. The van der Waals surface area contributed by atoms with Gasteiger partial charge in [-0.2, -0.15) is 0 Å². The van der Waals surface area contributed by atoms with Gasteiger partial charge in [0.15, 0.2) is 0 Å². The number of benzene rings is 2. The quantitative estimate of drug-likeness (QED) is 0.260. The molecule has 28 heavy (non-hydrogen) atoms. The highest BCUT2D eigenvalue weighted by atomic mass is 35.5. The van der Waals surface area contributed by atoms with Gasteiger partial charge in [-0.15, -0.1) is 0 Å². The van der Waals surface area contributed by atoms with Gasteiger partial charge in [-0.3, -0.25) is 23.5 Å². The van der Waals surface area contributed by atoms with Crippen molar-refractivity contribution in [3.8, 4) is 5.75 Å². The smallest absolute Gasteiger partial charge is 0.350 e. The normalized spacial score (nSPS) is 8.50. The van der Waals surface area contributed by atoms with E-state index in [1.165, 1.54) is 0 Å². The maximum Gasteiger partial charge on any atom is 0.350 e. The zero-order valence-corrected chi connectivity index (χ0v) is 16.6. The summed E-state index contributed by atoms with van der Waals surface area (Å²) < 4.78 is 10.8. The summed E-state index contributed by atoms with van der Waals surface area (Å²) in [6.45, 7) is 2.85. The van der Waals surface area contributed by atoms with E-state index in [9.17, 15) is 4.79 Å². The van der Waals surface area contributed by atoms with Crippen molar-refractivity contribution in [3.05, 3.63) is 59.1 Å². The van der Waals surface area contributed by atoms with E-state index in [1.54, 1.807) is 36.4 Å². The fourth-order valence-corrected chi connectivity index (χ4v) is 2.65. The van der Waals surface area contributed by atoms with Crippen LogP contribution in [-0.4, -0.2) is 12.6 Å². The first kappa shape index (κ1) is 33.6. The third-order valence-corrected chi connectivity index (χ3v) is 4.36. The molecule has 2 rings (SSSR count). The van der Waals surface area contributed by atoms with Crippen molar-refractivity contribution in [1.29, 1.82) is 0 Å². The fraction of sp³-hybridized carbons (Fsp3) is 0.278. The van der Waals surface area contributed by atoms with Crippen LogP contribution in [0.4, 0.5) is 23.5 Å². The van der Waals surface area contributed by atoms with E-state index < -0.39 is 5.97 Å². The second kappa shape index (κ2) is 18.4. The molecular weight excluding hydrogens is 427 g/mol. The average molecular weight is 451 g/mol. The number of rotatable bonds is 8. The molecule has 0 atom stereocenters. The maximum absolute atomic E-state index is 12.0. The molecule has 0 N–H and O–H groups in total. The average Bonchev–Trinajstić information content (AvgIpc) is 2.58. The van der Waals surface area contributed by atoms with Crippen molar-refractivity contribution >= 4 is 29.6 Å². The first-order valence-corrected chi connectivity index (χ1v) is 8.69. The summed E-state index contributed by atoms with van der Waals surface area (Å²) in [5, 5.41) is 0.557. The van der Waals surface area contributed by atoms with Crippen molar-refractivity contribution in [2.24, 2.45) is 0 Å². The lowest BCUT2D eigenvalue weighted by molar-refractivity contribution is 0.0768. The molecule has 0 aliphatic rings. The number of ether oxygens (including phenoxy) is 1. The lowest BCUT2D eigenvalue weighted by atomic mass is 10.2. The Morgan fingerprint density at radius 2 is 1.54 bits per heavy atom. The molecule has 0 heterocycles. The van der Waals surface area contributed by atoms with Crippen LogP contribution in [-0.2, 0) is 4.18 Å². The Morgan fingerprint density at radius 3 is 2.11 bits per heavy atom. The van der Waals surface area contributed by atoms with Crippen molar-refractivity contribution in [1.82, 2.24) is 0 Å². The van der Waals surface area contributed by atoms with Crippen molar-refractivity contribution < 1.29 is 37.2 Å². The van der Waals surface area contributed by atoms with Gasteiger partial charge in [0.2, 0.25) is 0 Å². The summed E-state index contributed by atoms with van der Waals surface area (Å²) in [5.74, 6) is 0.351. The minimum atomic E-state index is -0.410. The van der Waals surface area contributed by atoms with Crippen LogP contribution in [0.25, 0.3) is 0 Å². The van der Waals surface area contributed by atoms with Gasteiger partial charge in [-0.1, -0.05) is 43.5 Å². The topological polar surface area (TPSA) is 35.5 Å². The predicted molar refractivity (Wildman–Crippen MR) is 107 cm³/mol. The minimum absolute atomic E-state index is 0. The van der Waals surface area contributed by atoms with Crippen molar-refractivity contribution in [2.75, 3.05) is 6.61 Å². The molecule has 0 saturated carbocycles. The molecule has 3 nitrogen and oxygen atoms in total. The Bertz CT molecular complexity index is 647. The van der Waals surface area contributed by atoms with E-state index in [-0.39, 0.29) is 23.5 Å². The number of carbonyl (C=O) groups excluding carboxylic acids is 1. The number of halogens is 6.